The number of benzene rings is 2. The smallest absolute Gasteiger partial charge is 0.319 e. The van der Waals surface area contributed by atoms with Gasteiger partial charge in [-0.1, -0.05) is 0 Å². The minimum Gasteiger partial charge on any atom is -0.371 e. The lowest BCUT2D eigenvalue weighted by molar-refractivity contribution is 0.0827. The lowest BCUT2D eigenvalue weighted by Crippen LogP contribution is -2.34. The first-order valence-corrected chi connectivity index (χ1v) is 9.29. The van der Waals surface area contributed by atoms with Crippen LogP contribution in [-0.4, -0.2) is 50.6 Å². The third kappa shape index (κ3) is 5.00. The van der Waals surface area contributed by atoms with Crippen molar-refractivity contribution in [3.8, 4) is 0 Å². The van der Waals surface area contributed by atoms with Gasteiger partial charge in [0.25, 0.3) is 5.91 Å². The number of halogens is 1. The molecule has 0 radical (unpaired) electrons. The zero-order chi connectivity index (χ0) is 20.1. The molecule has 7 heteroatoms. The molecule has 0 saturated carbocycles. The molecule has 1 aliphatic heterocycles. The van der Waals surface area contributed by atoms with Crippen LogP contribution in [0.25, 0.3) is 0 Å². The number of urea groups is 1. The van der Waals surface area contributed by atoms with E-state index in [4.69, 9.17) is 0 Å². The van der Waals surface area contributed by atoms with E-state index >= 15 is 0 Å². The van der Waals surface area contributed by atoms with E-state index in [-0.39, 0.29) is 17.8 Å². The maximum Gasteiger partial charge on any atom is 0.319 e. The van der Waals surface area contributed by atoms with Gasteiger partial charge in [0, 0.05) is 50.7 Å². The molecule has 1 saturated heterocycles. The summed E-state index contributed by atoms with van der Waals surface area (Å²) in [5.74, 6) is 0.0239. The molecule has 0 aliphatic carbocycles. The van der Waals surface area contributed by atoms with Crippen molar-refractivity contribution in [3.63, 3.8) is 0 Å². The lowest BCUT2D eigenvalue weighted by Gasteiger charge is -2.19. The van der Waals surface area contributed by atoms with Gasteiger partial charge < -0.3 is 20.4 Å². The molecular weight excluding hydrogens is 359 g/mol. The molecule has 3 amide bonds. The Morgan fingerprint density at radius 1 is 1.11 bits per heavy atom. The van der Waals surface area contributed by atoms with Crippen molar-refractivity contribution in [2.75, 3.05) is 43.9 Å². The Labute approximate surface area is 164 Å². The van der Waals surface area contributed by atoms with Gasteiger partial charge in [-0.3, -0.25) is 4.79 Å². The summed E-state index contributed by atoms with van der Waals surface area (Å²) in [6.07, 6.45) is 0.971. The number of hydrogen-bond acceptors (Lipinski definition) is 3. The number of nitrogens with zero attached hydrogens (tertiary/aromatic N) is 2. The second-order valence-electron chi connectivity index (χ2n) is 7.19. The lowest BCUT2D eigenvalue weighted by atomic mass is 10.1. The summed E-state index contributed by atoms with van der Waals surface area (Å²) in [5.41, 5.74) is 2.20. The highest BCUT2D eigenvalue weighted by molar-refractivity contribution is 5.95. The molecule has 2 aromatic carbocycles. The molecule has 1 aliphatic rings. The van der Waals surface area contributed by atoms with Crippen molar-refractivity contribution in [3.05, 3.63) is 59.9 Å². The molecule has 1 heterocycles. The van der Waals surface area contributed by atoms with Gasteiger partial charge in [-0.25, -0.2) is 9.18 Å². The summed E-state index contributed by atoms with van der Waals surface area (Å²) in [5, 5.41) is 5.68. The number of rotatable bonds is 5. The Morgan fingerprint density at radius 3 is 2.43 bits per heavy atom. The summed E-state index contributed by atoms with van der Waals surface area (Å²) in [6, 6.07) is 13.0. The van der Waals surface area contributed by atoms with Crippen LogP contribution in [0.1, 0.15) is 16.8 Å². The van der Waals surface area contributed by atoms with Gasteiger partial charge >= 0.3 is 6.03 Å². The SMILES string of the molecule is CN(C)C(=O)c1ccc(NC(=O)NC[C@H]2CCN(c3ccc(F)cc3)C2)cc1. The number of anilines is 2. The van der Waals surface area contributed by atoms with Crippen molar-refractivity contribution in [2.24, 2.45) is 5.92 Å². The Morgan fingerprint density at radius 2 is 1.79 bits per heavy atom. The standard InChI is InChI=1S/C21H25FN4O2/c1-25(2)20(27)16-3-7-18(8-4-16)24-21(28)23-13-15-11-12-26(14-15)19-9-5-17(22)6-10-19/h3-10,15H,11-14H2,1-2H3,(H2,23,24,28)/t15-/m1/s1. The van der Waals surface area contributed by atoms with E-state index in [2.05, 4.69) is 15.5 Å². The van der Waals surface area contributed by atoms with Crippen LogP contribution in [0.15, 0.2) is 48.5 Å². The van der Waals surface area contributed by atoms with E-state index in [9.17, 15) is 14.0 Å². The topological polar surface area (TPSA) is 64.7 Å². The van der Waals surface area contributed by atoms with Crippen LogP contribution in [-0.2, 0) is 0 Å². The number of carbonyl (C=O) groups excluding carboxylic acids is 2. The van der Waals surface area contributed by atoms with E-state index in [0.717, 1.165) is 25.2 Å². The maximum atomic E-state index is 13.0. The van der Waals surface area contributed by atoms with Crippen LogP contribution in [0.3, 0.4) is 0 Å². The molecule has 0 aromatic heterocycles. The highest BCUT2D eigenvalue weighted by Gasteiger charge is 2.23. The molecule has 28 heavy (non-hydrogen) atoms. The van der Waals surface area contributed by atoms with Gasteiger partial charge in [-0.2, -0.15) is 0 Å². The van der Waals surface area contributed by atoms with Crippen LogP contribution in [0.5, 0.6) is 0 Å². The minimum absolute atomic E-state index is 0.0806. The van der Waals surface area contributed by atoms with Crippen molar-refractivity contribution in [2.45, 2.75) is 6.42 Å². The summed E-state index contributed by atoms with van der Waals surface area (Å²) in [4.78, 5) is 27.7. The van der Waals surface area contributed by atoms with Crippen LogP contribution >= 0.6 is 0 Å². The molecule has 1 fully saturated rings. The first kappa shape index (κ1) is 19.7. The second-order valence-corrected chi connectivity index (χ2v) is 7.19. The third-order valence-electron chi connectivity index (χ3n) is 4.82. The van der Waals surface area contributed by atoms with E-state index in [1.54, 1.807) is 50.5 Å². The monoisotopic (exact) mass is 384 g/mol. The highest BCUT2D eigenvalue weighted by atomic mass is 19.1. The van der Waals surface area contributed by atoms with E-state index < -0.39 is 0 Å². The van der Waals surface area contributed by atoms with Crippen molar-refractivity contribution in [1.29, 1.82) is 0 Å². The van der Waals surface area contributed by atoms with Crippen LogP contribution in [0.2, 0.25) is 0 Å². The Hall–Kier alpha value is -3.09. The average Bonchev–Trinajstić information content (AvgIpc) is 3.16. The fourth-order valence-electron chi connectivity index (χ4n) is 3.25. The highest BCUT2D eigenvalue weighted by Crippen LogP contribution is 2.23. The number of nitrogens with one attached hydrogen (secondary N) is 2. The number of carbonyl (C=O) groups is 2. The maximum absolute atomic E-state index is 13.0. The normalized spacial score (nSPS) is 16.0. The van der Waals surface area contributed by atoms with Crippen molar-refractivity contribution < 1.29 is 14.0 Å². The van der Waals surface area contributed by atoms with Crippen molar-refractivity contribution >= 4 is 23.3 Å². The van der Waals surface area contributed by atoms with Gasteiger partial charge in [-0.15, -0.1) is 0 Å². The molecular formula is C21H25FN4O2. The van der Waals surface area contributed by atoms with E-state index in [1.165, 1.54) is 17.0 Å². The quantitative estimate of drug-likeness (QED) is 0.832. The zero-order valence-corrected chi connectivity index (χ0v) is 16.1. The summed E-state index contributed by atoms with van der Waals surface area (Å²) in [6.45, 7) is 2.29. The van der Waals surface area contributed by atoms with Gasteiger partial charge in [0.2, 0.25) is 0 Å². The van der Waals surface area contributed by atoms with Gasteiger partial charge in [0.05, 0.1) is 0 Å². The van der Waals surface area contributed by atoms with Gasteiger partial charge in [0.1, 0.15) is 5.82 Å². The van der Waals surface area contributed by atoms with E-state index in [0.29, 0.717) is 23.7 Å². The largest absolute Gasteiger partial charge is 0.371 e. The molecule has 2 N–H and O–H groups in total. The molecule has 1 atom stereocenters. The first-order chi connectivity index (χ1) is 13.4. The van der Waals surface area contributed by atoms with E-state index in [1.807, 2.05) is 0 Å². The number of amides is 3. The summed E-state index contributed by atoms with van der Waals surface area (Å²) < 4.78 is 13.0. The molecule has 148 valence electrons. The Balaban J connectivity index is 1.44. The predicted octanol–water partition coefficient (Wildman–Crippen LogP) is 3.18. The van der Waals surface area contributed by atoms with Crippen LogP contribution < -0.4 is 15.5 Å². The first-order valence-electron chi connectivity index (χ1n) is 9.29. The predicted molar refractivity (Wildman–Crippen MR) is 108 cm³/mol. The Bertz CT molecular complexity index is 821. The summed E-state index contributed by atoms with van der Waals surface area (Å²) in [7, 11) is 3.39. The van der Waals surface area contributed by atoms with Crippen LogP contribution in [0.4, 0.5) is 20.6 Å². The van der Waals surface area contributed by atoms with Crippen molar-refractivity contribution in [1.82, 2.24) is 10.2 Å². The zero-order valence-electron chi connectivity index (χ0n) is 16.1. The molecule has 0 bridgehead atoms. The summed E-state index contributed by atoms with van der Waals surface area (Å²) >= 11 is 0. The molecule has 2 aromatic rings. The van der Waals surface area contributed by atoms with Gasteiger partial charge in [0.15, 0.2) is 0 Å². The molecule has 3 rings (SSSR count). The van der Waals surface area contributed by atoms with Crippen LogP contribution in [0, 0.1) is 11.7 Å². The number of hydrogen-bond donors (Lipinski definition) is 2. The average molecular weight is 384 g/mol. The third-order valence-corrected chi connectivity index (χ3v) is 4.82. The molecule has 6 nitrogen and oxygen atoms in total. The molecule has 0 unspecified atom stereocenters. The second kappa shape index (κ2) is 8.73. The fourth-order valence-corrected chi connectivity index (χ4v) is 3.25. The van der Waals surface area contributed by atoms with Gasteiger partial charge in [-0.05, 0) is 60.9 Å². The fraction of sp³-hybridized carbons (Fsp3) is 0.333. The minimum atomic E-state index is -0.271. The molecule has 0 spiro atoms. The Kier molecular flexibility index (Phi) is 6.13.